The van der Waals surface area contributed by atoms with Gasteiger partial charge in [-0.1, -0.05) is 23.7 Å². The normalized spacial score (nSPS) is 13.5. The van der Waals surface area contributed by atoms with E-state index in [4.69, 9.17) is 11.6 Å². The van der Waals surface area contributed by atoms with Gasteiger partial charge in [0.25, 0.3) is 5.91 Å². The summed E-state index contributed by atoms with van der Waals surface area (Å²) in [4.78, 5) is 18.4. The van der Waals surface area contributed by atoms with Gasteiger partial charge in [0.2, 0.25) is 0 Å². The number of carbonyl (C=O) groups excluding carboxylic acids is 1. The minimum absolute atomic E-state index is 0.00417. The molecular formula is C14H11ClN2O. The van der Waals surface area contributed by atoms with Crippen molar-refractivity contribution in [2.75, 3.05) is 0 Å². The molecule has 3 nitrogen and oxygen atoms in total. The van der Waals surface area contributed by atoms with Crippen LogP contribution in [0.3, 0.4) is 0 Å². The minimum atomic E-state index is -0.00417. The number of aromatic nitrogens is 1. The zero-order chi connectivity index (χ0) is 12.5. The Bertz CT molecular complexity index is 587. The van der Waals surface area contributed by atoms with Crippen LogP contribution in [0.2, 0.25) is 5.02 Å². The molecule has 1 aliphatic heterocycles. The number of amides is 1. The van der Waals surface area contributed by atoms with Crippen LogP contribution >= 0.6 is 11.6 Å². The molecule has 3 rings (SSSR count). The van der Waals surface area contributed by atoms with Gasteiger partial charge in [-0.2, -0.15) is 0 Å². The average molecular weight is 259 g/mol. The van der Waals surface area contributed by atoms with Crippen LogP contribution in [0.5, 0.6) is 0 Å². The predicted molar refractivity (Wildman–Crippen MR) is 69.3 cm³/mol. The summed E-state index contributed by atoms with van der Waals surface area (Å²) in [6.45, 7) is 1.19. The van der Waals surface area contributed by atoms with E-state index in [0.717, 1.165) is 11.3 Å². The Morgan fingerprint density at radius 3 is 2.89 bits per heavy atom. The zero-order valence-electron chi connectivity index (χ0n) is 9.64. The summed E-state index contributed by atoms with van der Waals surface area (Å²) in [5.41, 5.74) is 2.72. The van der Waals surface area contributed by atoms with Gasteiger partial charge in [-0.3, -0.25) is 9.78 Å². The first-order chi connectivity index (χ1) is 8.74. The highest BCUT2D eigenvalue weighted by atomic mass is 35.5. The SMILES string of the molecule is O=C(c1cccc(Cl)c1)N1Cc2cccnc2C1. The minimum Gasteiger partial charge on any atom is -0.328 e. The van der Waals surface area contributed by atoms with E-state index < -0.39 is 0 Å². The molecule has 4 heteroatoms. The Hall–Kier alpha value is -1.87. The molecule has 90 valence electrons. The molecule has 1 aromatic carbocycles. The van der Waals surface area contributed by atoms with Crippen molar-refractivity contribution in [3.8, 4) is 0 Å². The van der Waals surface area contributed by atoms with Crippen LogP contribution in [0, 0.1) is 0 Å². The molecule has 18 heavy (non-hydrogen) atoms. The lowest BCUT2D eigenvalue weighted by atomic mass is 10.2. The van der Waals surface area contributed by atoms with Gasteiger partial charge < -0.3 is 4.90 Å². The molecule has 0 saturated carbocycles. The van der Waals surface area contributed by atoms with Gasteiger partial charge >= 0.3 is 0 Å². The summed E-state index contributed by atoms with van der Waals surface area (Å²) in [7, 11) is 0. The van der Waals surface area contributed by atoms with E-state index in [9.17, 15) is 4.79 Å². The molecule has 2 aromatic rings. The van der Waals surface area contributed by atoms with Crippen molar-refractivity contribution in [1.29, 1.82) is 0 Å². The molecule has 0 spiro atoms. The fourth-order valence-electron chi connectivity index (χ4n) is 2.15. The fourth-order valence-corrected chi connectivity index (χ4v) is 2.34. The van der Waals surface area contributed by atoms with E-state index in [0.29, 0.717) is 23.7 Å². The number of hydrogen-bond donors (Lipinski definition) is 0. The van der Waals surface area contributed by atoms with Crippen LogP contribution < -0.4 is 0 Å². The van der Waals surface area contributed by atoms with Crippen LogP contribution in [0.15, 0.2) is 42.6 Å². The number of fused-ring (bicyclic) bond motifs is 1. The van der Waals surface area contributed by atoms with Crippen molar-refractivity contribution in [3.05, 3.63) is 64.4 Å². The van der Waals surface area contributed by atoms with Gasteiger partial charge in [0, 0.05) is 23.3 Å². The predicted octanol–water partition coefficient (Wildman–Crippen LogP) is 2.89. The van der Waals surface area contributed by atoms with Crippen molar-refractivity contribution in [2.45, 2.75) is 13.1 Å². The molecule has 0 unspecified atom stereocenters. The molecule has 0 radical (unpaired) electrons. The lowest BCUT2D eigenvalue weighted by Crippen LogP contribution is -2.25. The van der Waals surface area contributed by atoms with Crippen molar-refractivity contribution < 1.29 is 4.79 Å². The zero-order valence-corrected chi connectivity index (χ0v) is 10.4. The standard InChI is InChI=1S/C14H11ClN2O/c15-12-5-1-3-10(7-12)14(18)17-8-11-4-2-6-16-13(11)9-17/h1-7H,8-9H2. The maximum absolute atomic E-state index is 12.3. The monoisotopic (exact) mass is 258 g/mol. The highest BCUT2D eigenvalue weighted by Gasteiger charge is 2.24. The second-order valence-corrected chi connectivity index (χ2v) is 4.72. The maximum Gasteiger partial charge on any atom is 0.254 e. The Morgan fingerprint density at radius 2 is 2.11 bits per heavy atom. The largest absolute Gasteiger partial charge is 0.328 e. The van der Waals surface area contributed by atoms with E-state index in [1.807, 2.05) is 12.1 Å². The molecule has 0 bridgehead atoms. The lowest BCUT2D eigenvalue weighted by molar-refractivity contribution is 0.0750. The number of benzene rings is 1. The van der Waals surface area contributed by atoms with E-state index in [-0.39, 0.29) is 5.91 Å². The van der Waals surface area contributed by atoms with E-state index >= 15 is 0 Å². The summed E-state index contributed by atoms with van der Waals surface area (Å²) < 4.78 is 0. The molecule has 1 aliphatic rings. The first kappa shape index (κ1) is 11.2. The van der Waals surface area contributed by atoms with E-state index in [1.165, 1.54) is 0 Å². The Kier molecular flexibility index (Phi) is 2.76. The van der Waals surface area contributed by atoms with Crippen molar-refractivity contribution in [2.24, 2.45) is 0 Å². The quantitative estimate of drug-likeness (QED) is 0.788. The van der Waals surface area contributed by atoms with Gasteiger partial charge in [0.15, 0.2) is 0 Å². The number of pyridine rings is 1. The molecule has 0 saturated heterocycles. The number of rotatable bonds is 1. The second-order valence-electron chi connectivity index (χ2n) is 4.28. The number of halogens is 1. The van der Waals surface area contributed by atoms with Gasteiger partial charge in [0.1, 0.15) is 0 Å². The number of nitrogens with zero attached hydrogens (tertiary/aromatic N) is 2. The average Bonchev–Trinajstić information content (AvgIpc) is 2.81. The highest BCUT2D eigenvalue weighted by molar-refractivity contribution is 6.30. The number of carbonyl (C=O) groups is 1. The van der Waals surface area contributed by atoms with Crippen molar-refractivity contribution >= 4 is 17.5 Å². The summed E-state index contributed by atoms with van der Waals surface area (Å²) in [5.74, 6) is -0.00417. The topological polar surface area (TPSA) is 33.2 Å². The summed E-state index contributed by atoms with van der Waals surface area (Å²) in [5, 5.41) is 0.579. The Morgan fingerprint density at radius 1 is 1.22 bits per heavy atom. The summed E-state index contributed by atoms with van der Waals surface area (Å²) >= 11 is 5.90. The highest BCUT2D eigenvalue weighted by Crippen LogP contribution is 2.23. The Labute approximate surface area is 110 Å². The third-order valence-electron chi connectivity index (χ3n) is 3.05. The molecule has 0 aliphatic carbocycles. The van der Waals surface area contributed by atoms with Gasteiger partial charge in [-0.05, 0) is 29.8 Å². The van der Waals surface area contributed by atoms with E-state index in [2.05, 4.69) is 4.98 Å². The van der Waals surface area contributed by atoms with Crippen LogP contribution in [0.1, 0.15) is 21.6 Å². The van der Waals surface area contributed by atoms with Crippen molar-refractivity contribution in [3.63, 3.8) is 0 Å². The Balaban J connectivity index is 1.84. The van der Waals surface area contributed by atoms with E-state index in [1.54, 1.807) is 35.4 Å². The molecular weight excluding hydrogens is 248 g/mol. The maximum atomic E-state index is 12.3. The van der Waals surface area contributed by atoms with Gasteiger partial charge in [0.05, 0.1) is 12.2 Å². The van der Waals surface area contributed by atoms with Crippen molar-refractivity contribution in [1.82, 2.24) is 9.88 Å². The molecule has 1 aromatic heterocycles. The molecule has 1 amide bonds. The summed E-state index contributed by atoms with van der Waals surface area (Å²) in [6.07, 6.45) is 1.76. The van der Waals surface area contributed by atoms with Crippen LogP contribution in [-0.4, -0.2) is 15.8 Å². The van der Waals surface area contributed by atoms with Crippen LogP contribution in [-0.2, 0) is 13.1 Å². The molecule has 0 fully saturated rings. The fraction of sp³-hybridized carbons (Fsp3) is 0.143. The second kappa shape index (κ2) is 4.42. The number of hydrogen-bond acceptors (Lipinski definition) is 2. The smallest absolute Gasteiger partial charge is 0.254 e. The first-order valence-electron chi connectivity index (χ1n) is 5.71. The summed E-state index contributed by atoms with van der Waals surface area (Å²) in [6, 6.07) is 10.9. The first-order valence-corrected chi connectivity index (χ1v) is 6.09. The third-order valence-corrected chi connectivity index (χ3v) is 3.28. The molecule has 0 atom stereocenters. The molecule has 0 N–H and O–H groups in total. The van der Waals surface area contributed by atoms with Crippen LogP contribution in [0.25, 0.3) is 0 Å². The molecule has 2 heterocycles. The third kappa shape index (κ3) is 1.97. The van der Waals surface area contributed by atoms with Gasteiger partial charge in [-0.25, -0.2) is 0 Å². The van der Waals surface area contributed by atoms with Crippen LogP contribution in [0.4, 0.5) is 0 Å². The lowest BCUT2D eigenvalue weighted by Gasteiger charge is -2.15. The van der Waals surface area contributed by atoms with Gasteiger partial charge in [-0.15, -0.1) is 0 Å².